The molecule has 1 aromatic rings. The quantitative estimate of drug-likeness (QED) is 0.404. The molecule has 0 unspecified atom stereocenters. The second kappa shape index (κ2) is 1.94. The van der Waals surface area contributed by atoms with E-state index >= 15 is 0 Å². The van der Waals surface area contributed by atoms with Crippen molar-refractivity contribution in [3.8, 4) is 0 Å². The van der Waals surface area contributed by atoms with Crippen LogP contribution in [0.25, 0.3) is 0 Å². The van der Waals surface area contributed by atoms with E-state index in [0.29, 0.717) is 0 Å². The van der Waals surface area contributed by atoms with E-state index in [4.69, 9.17) is 0 Å². The molecule has 0 saturated heterocycles. The van der Waals surface area contributed by atoms with E-state index in [-0.39, 0.29) is 1.43 Å². The van der Waals surface area contributed by atoms with Crippen LogP contribution in [0.5, 0.6) is 0 Å². The first-order valence-corrected chi connectivity index (χ1v) is 3.41. The molecule has 0 amide bonds. The Morgan fingerprint density at radius 1 is 1.14 bits per heavy atom. The first-order valence-electron chi connectivity index (χ1n) is 2.41. The molecule has 0 saturated carbocycles. The lowest BCUT2D eigenvalue weighted by atomic mass is 10.4. The van der Waals surface area contributed by atoms with Crippen molar-refractivity contribution in [3.05, 3.63) is 30.3 Å². The minimum absolute atomic E-state index is 0. The molecule has 0 aromatic heterocycles. The molecule has 0 nitrogen and oxygen atoms in total. The SMILES string of the molecule is [H+].[SiH3]c1ccccc1. The van der Waals surface area contributed by atoms with Crippen LogP contribution >= 0.6 is 0 Å². The molecule has 0 aliphatic heterocycles. The summed E-state index contributed by atoms with van der Waals surface area (Å²) >= 11 is 0. The molecule has 0 N–H and O–H groups in total. The van der Waals surface area contributed by atoms with Gasteiger partial charge in [-0.05, 0) is 0 Å². The van der Waals surface area contributed by atoms with Gasteiger partial charge in [0.15, 0.2) is 0 Å². The van der Waals surface area contributed by atoms with Crippen LogP contribution in [0.4, 0.5) is 0 Å². The second-order valence-electron chi connectivity index (χ2n) is 1.65. The number of rotatable bonds is 0. The molecule has 36 valence electrons. The van der Waals surface area contributed by atoms with Crippen LogP contribution in [0.3, 0.4) is 0 Å². The van der Waals surface area contributed by atoms with Gasteiger partial charge in [-0.15, -0.1) is 0 Å². The van der Waals surface area contributed by atoms with Gasteiger partial charge in [-0.2, -0.15) is 0 Å². The summed E-state index contributed by atoms with van der Waals surface area (Å²) in [5.74, 6) is 0. The average Bonchev–Trinajstić information content (AvgIpc) is 1.69. The first kappa shape index (κ1) is 4.59. The Balaban J connectivity index is 0.000000490. The summed E-state index contributed by atoms with van der Waals surface area (Å²) in [4.78, 5) is 0. The number of hydrogen-bond acceptors (Lipinski definition) is 0. The summed E-state index contributed by atoms with van der Waals surface area (Å²) in [5.41, 5.74) is 0. The van der Waals surface area contributed by atoms with Gasteiger partial charge in [-0.3, -0.25) is 0 Å². The maximum atomic E-state index is 2.15. The predicted molar refractivity (Wildman–Crippen MR) is 37.1 cm³/mol. The predicted octanol–water partition coefficient (Wildman–Crippen LogP) is -0.210. The minimum atomic E-state index is 0. The first-order chi connectivity index (χ1) is 3.39. The Morgan fingerprint density at radius 3 is 2.00 bits per heavy atom. The van der Waals surface area contributed by atoms with Gasteiger partial charge in [0.05, 0.1) is 0 Å². The van der Waals surface area contributed by atoms with Gasteiger partial charge in [0.2, 0.25) is 0 Å². The molecule has 0 spiro atoms. The van der Waals surface area contributed by atoms with Gasteiger partial charge in [-0.1, -0.05) is 35.5 Å². The van der Waals surface area contributed by atoms with Gasteiger partial charge >= 0.3 is 1.43 Å². The second-order valence-corrected chi connectivity index (χ2v) is 2.81. The van der Waals surface area contributed by atoms with Crippen LogP contribution in [0.2, 0.25) is 0 Å². The Kier molecular flexibility index (Phi) is 1.27. The maximum Gasteiger partial charge on any atom is 1.00 e. The third-order valence-corrected chi connectivity index (χ3v) is 1.61. The molecule has 1 aromatic carbocycles. The lowest BCUT2D eigenvalue weighted by Crippen LogP contribution is -1.97. The summed E-state index contributed by atoms with van der Waals surface area (Å²) in [6.45, 7) is 0. The van der Waals surface area contributed by atoms with Crippen LogP contribution in [-0.4, -0.2) is 10.2 Å². The summed E-state index contributed by atoms with van der Waals surface area (Å²) in [5, 5.41) is 1.46. The topological polar surface area (TPSA) is 0 Å². The van der Waals surface area contributed by atoms with Crippen molar-refractivity contribution in [2.24, 2.45) is 0 Å². The van der Waals surface area contributed by atoms with Crippen molar-refractivity contribution in [1.29, 1.82) is 0 Å². The summed E-state index contributed by atoms with van der Waals surface area (Å²) in [6, 6.07) is 10.5. The molecule has 0 aliphatic rings. The smallest absolute Gasteiger partial charge is 0.0708 e. The fourth-order valence-electron chi connectivity index (χ4n) is 0.534. The van der Waals surface area contributed by atoms with Gasteiger partial charge in [0.25, 0.3) is 0 Å². The largest absolute Gasteiger partial charge is 1.00 e. The van der Waals surface area contributed by atoms with E-state index in [2.05, 4.69) is 24.3 Å². The molecule has 1 rings (SSSR count). The Labute approximate surface area is 48.1 Å². The third-order valence-electron chi connectivity index (χ3n) is 0.940. The molecular formula is C6H9Si+. The molecular weight excluding hydrogens is 100 g/mol. The highest BCUT2D eigenvalue weighted by Gasteiger charge is 1.72. The van der Waals surface area contributed by atoms with Crippen LogP contribution in [0.1, 0.15) is 1.43 Å². The van der Waals surface area contributed by atoms with Crippen molar-refractivity contribution in [3.63, 3.8) is 0 Å². The highest BCUT2D eigenvalue weighted by molar-refractivity contribution is 6.32. The van der Waals surface area contributed by atoms with E-state index in [0.717, 1.165) is 0 Å². The molecule has 0 fully saturated rings. The normalized spacial score (nSPS) is 9.14. The minimum Gasteiger partial charge on any atom is -0.0708 e. The fraction of sp³-hybridized carbons (Fsp3) is 0. The van der Waals surface area contributed by atoms with Gasteiger partial charge in [0, 0.05) is 10.2 Å². The summed E-state index contributed by atoms with van der Waals surface area (Å²) < 4.78 is 0. The van der Waals surface area contributed by atoms with Crippen molar-refractivity contribution >= 4 is 15.4 Å². The van der Waals surface area contributed by atoms with Gasteiger partial charge in [-0.25, -0.2) is 0 Å². The lowest BCUT2D eigenvalue weighted by molar-refractivity contribution is 1.78. The maximum absolute atomic E-state index is 2.15. The molecule has 0 radical (unpaired) electrons. The highest BCUT2D eigenvalue weighted by Crippen LogP contribution is 1.76. The third kappa shape index (κ3) is 1.16. The van der Waals surface area contributed by atoms with Crippen molar-refractivity contribution < 1.29 is 1.43 Å². The monoisotopic (exact) mass is 109 g/mol. The molecule has 0 bridgehead atoms. The van der Waals surface area contributed by atoms with E-state index in [1.807, 2.05) is 6.07 Å². The molecule has 0 aliphatic carbocycles. The zero-order chi connectivity index (χ0) is 5.11. The van der Waals surface area contributed by atoms with Crippen LogP contribution in [0, 0.1) is 0 Å². The van der Waals surface area contributed by atoms with E-state index in [9.17, 15) is 0 Å². The zero-order valence-electron chi connectivity index (χ0n) is 5.39. The summed E-state index contributed by atoms with van der Waals surface area (Å²) in [7, 11) is 1.17. The molecule has 0 heterocycles. The zero-order valence-corrected chi connectivity index (χ0v) is 6.39. The fourth-order valence-corrected chi connectivity index (χ4v) is 0.919. The van der Waals surface area contributed by atoms with Crippen molar-refractivity contribution in [1.82, 2.24) is 0 Å². The Morgan fingerprint density at radius 2 is 1.71 bits per heavy atom. The molecule has 0 atom stereocenters. The van der Waals surface area contributed by atoms with E-state index in [1.54, 1.807) is 0 Å². The molecule has 1 heteroatoms. The number of benzene rings is 1. The Bertz CT molecular complexity index is 138. The van der Waals surface area contributed by atoms with Gasteiger partial charge < -0.3 is 0 Å². The summed E-state index contributed by atoms with van der Waals surface area (Å²) in [6.07, 6.45) is 0. The van der Waals surface area contributed by atoms with Crippen molar-refractivity contribution in [2.45, 2.75) is 0 Å². The van der Waals surface area contributed by atoms with Crippen molar-refractivity contribution in [2.75, 3.05) is 0 Å². The lowest BCUT2D eigenvalue weighted by Gasteiger charge is -1.82. The standard InChI is InChI=1S/C6H8Si/c7-6-4-2-1-3-5-6/h1-5H,7H3/p+1. The Hall–Kier alpha value is -0.563. The van der Waals surface area contributed by atoms with E-state index in [1.165, 1.54) is 15.4 Å². The van der Waals surface area contributed by atoms with Gasteiger partial charge in [0.1, 0.15) is 0 Å². The average molecular weight is 109 g/mol. The molecule has 7 heavy (non-hydrogen) atoms. The van der Waals surface area contributed by atoms with Crippen LogP contribution in [-0.2, 0) is 0 Å². The van der Waals surface area contributed by atoms with Crippen LogP contribution < -0.4 is 5.19 Å². The highest BCUT2D eigenvalue weighted by atomic mass is 28.1. The number of hydrogen-bond donors (Lipinski definition) is 0. The van der Waals surface area contributed by atoms with Crippen LogP contribution in [0.15, 0.2) is 30.3 Å². The van der Waals surface area contributed by atoms with E-state index < -0.39 is 0 Å².